The van der Waals surface area contributed by atoms with Crippen LogP contribution in [0.5, 0.6) is 0 Å². The number of rotatable bonds is 7. The SMILES string of the molecule is CCC(NC(=O)N(CC(=O)O)CC1CC1)c1cccs1. The van der Waals surface area contributed by atoms with Crippen LogP contribution in [0.25, 0.3) is 0 Å². The van der Waals surface area contributed by atoms with Crippen molar-refractivity contribution in [2.24, 2.45) is 5.92 Å². The van der Waals surface area contributed by atoms with Crippen molar-refractivity contribution < 1.29 is 14.7 Å². The fraction of sp³-hybridized carbons (Fsp3) is 0.571. The van der Waals surface area contributed by atoms with Crippen molar-refractivity contribution in [1.29, 1.82) is 0 Å². The number of urea groups is 1. The van der Waals surface area contributed by atoms with Crippen molar-refractivity contribution in [3.63, 3.8) is 0 Å². The second-order valence-electron chi connectivity index (χ2n) is 5.14. The number of nitrogens with zero attached hydrogens (tertiary/aromatic N) is 1. The van der Waals surface area contributed by atoms with Crippen LogP contribution >= 0.6 is 11.3 Å². The molecule has 1 saturated carbocycles. The molecule has 0 bridgehead atoms. The number of carboxylic acid groups (broad SMARTS) is 1. The zero-order valence-corrected chi connectivity index (χ0v) is 12.4. The molecule has 0 spiro atoms. The highest BCUT2D eigenvalue weighted by molar-refractivity contribution is 7.10. The van der Waals surface area contributed by atoms with Crippen LogP contribution in [0.4, 0.5) is 4.79 Å². The van der Waals surface area contributed by atoms with Crippen LogP contribution in [-0.2, 0) is 4.79 Å². The van der Waals surface area contributed by atoms with E-state index in [1.54, 1.807) is 11.3 Å². The normalized spacial score (nSPS) is 15.7. The van der Waals surface area contributed by atoms with Crippen LogP contribution < -0.4 is 5.32 Å². The Morgan fingerprint density at radius 2 is 2.30 bits per heavy atom. The lowest BCUT2D eigenvalue weighted by Gasteiger charge is -2.24. The fourth-order valence-corrected chi connectivity index (χ4v) is 2.96. The number of carbonyl (C=O) groups is 2. The van der Waals surface area contributed by atoms with E-state index in [9.17, 15) is 9.59 Å². The summed E-state index contributed by atoms with van der Waals surface area (Å²) in [6.07, 6.45) is 2.97. The summed E-state index contributed by atoms with van der Waals surface area (Å²) in [6, 6.07) is 3.62. The first-order chi connectivity index (χ1) is 9.60. The van der Waals surface area contributed by atoms with E-state index in [-0.39, 0.29) is 18.6 Å². The number of carboxylic acids is 1. The Morgan fingerprint density at radius 1 is 1.55 bits per heavy atom. The topological polar surface area (TPSA) is 69.6 Å². The first-order valence-electron chi connectivity index (χ1n) is 6.90. The Kier molecular flexibility index (Phi) is 5.00. The molecule has 2 N–H and O–H groups in total. The Labute approximate surface area is 122 Å². The van der Waals surface area contributed by atoms with Crippen molar-refractivity contribution in [2.45, 2.75) is 32.2 Å². The number of amides is 2. The molecule has 1 aliphatic rings. The highest BCUT2D eigenvalue weighted by atomic mass is 32.1. The maximum absolute atomic E-state index is 12.3. The minimum Gasteiger partial charge on any atom is -0.480 e. The molecule has 6 heteroatoms. The summed E-state index contributed by atoms with van der Waals surface area (Å²) >= 11 is 1.60. The van der Waals surface area contributed by atoms with Gasteiger partial charge in [-0.3, -0.25) is 4.79 Å². The van der Waals surface area contributed by atoms with E-state index >= 15 is 0 Å². The number of carbonyl (C=O) groups excluding carboxylic acids is 1. The molecule has 0 aliphatic heterocycles. The Morgan fingerprint density at radius 3 is 2.80 bits per heavy atom. The number of aliphatic carboxylic acids is 1. The van der Waals surface area contributed by atoms with E-state index in [1.807, 2.05) is 24.4 Å². The van der Waals surface area contributed by atoms with Crippen LogP contribution in [0, 0.1) is 5.92 Å². The number of hydrogen-bond acceptors (Lipinski definition) is 3. The molecule has 20 heavy (non-hydrogen) atoms. The third-order valence-electron chi connectivity index (χ3n) is 3.38. The largest absolute Gasteiger partial charge is 0.480 e. The van der Waals surface area contributed by atoms with E-state index in [0.29, 0.717) is 12.5 Å². The summed E-state index contributed by atoms with van der Waals surface area (Å²) in [5.74, 6) is -0.494. The average Bonchev–Trinajstić information content (AvgIpc) is 3.05. The summed E-state index contributed by atoms with van der Waals surface area (Å²) in [5.41, 5.74) is 0. The van der Waals surface area contributed by atoms with Gasteiger partial charge in [-0.15, -0.1) is 11.3 Å². The summed E-state index contributed by atoms with van der Waals surface area (Å²) < 4.78 is 0. The molecular weight excluding hydrogens is 276 g/mol. The molecule has 0 aromatic carbocycles. The minimum absolute atomic E-state index is 0.0435. The maximum Gasteiger partial charge on any atom is 0.323 e. The van der Waals surface area contributed by atoms with Crippen molar-refractivity contribution in [3.8, 4) is 0 Å². The maximum atomic E-state index is 12.3. The van der Waals surface area contributed by atoms with Gasteiger partial charge in [0.25, 0.3) is 0 Å². The second-order valence-corrected chi connectivity index (χ2v) is 6.12. The van der Waals surface area contributed by atoms with Crippen molar-refractivity contribution in [3.05, 3.63) is 22.4 Å². The Hall–Kier alpha value is -1.56. The van der Waals surface area contributed by atoms with Crippen molar-refractivity contribution in [2.75, 3.05) is 13.1 Å². The lowest BCUT2D eigenvalue weighted by molar-refractivity contribution is -0.137. The molecule has 110 valence electrons. The number of nitrogens with one attached hydrogen (secondary N) is 1. The van der Waals surface area contributed by atoms with Crippen molar-refractivity contribution >= 4 is 23.3 Å². The molecule has 1 aromatic heterocycles. The quantitative estimate of drug-likeness (QED) is 0.812. The van der Waals surface area contributed by atoms with Gasteiger partial charge in [-0.05, 0) is 36.6 Å². The summed E-state index contributed by atoms with van der Waals surface area (Å²) in [6.45, 7) is 2.31. The zero-order chi connectivity index (χ0) is 14.5. The molecule has 1 atom stereocenters. The van der Waals surface area contributed by atoms with E-state index in [0.717, 1.165) is 24.1 Å². The predicted molar refractivity (Wildman–Crippen MR) is 77.8 cm³/mol. The molecule has 1 unspecified atom stereocenters. The number of thiophene rings is 1. The summed E-state index contributed by atoms with van der Waals surface area (Å²) in [5, 5.41) is 13.8. The van der Waals surface area contributed by atoms with Crippen LogP contribution in [0.1, 0.15) is 37.1 Å². The molecule has 1 fully saturated rings. The molecule has 5 nitrogen and oxygen atoms in total. The van der Waals surface area contributed by atoms with Crippen LogP contribution in [0.15, 0.2) is 17.5 Å². The molecule has 0 saturated heterocycles. The predicted octanol–water partition coefficient (Wildman–Crippen LogP) is 2.71. The summed E-state index contributed by atoms with van der Waals surface area (Å²) in [7, 11) is 0. The molecule has 1 aromatic rings. The van der Waals surface area contributed by atoms with Crippen molar-refractivity contribution in [1.82, 2.24) is 10.2 Å². The fourth-order valence-electron chi connectivity index (χ4n) is 2.10. The van der Waals surface area contributed by atoms with Crippen LogP contribution in [0.3, 0.4) is 0 Å². The van der Waals surface area contributed by atoms with Crippen LogP contribution in [-0.4, -0.2) is 35.1 Å². The standard InChI is InChI=1S/C14H20N2O3S/c1-2-11(12-4-3-7-20-12)15-14(19)16(9-13(17)18)8-10-5-6-10/h3-4,7,10-11H,2,5-6,8-9H2,1H3,(H,15,19)(H,17,18). The van der Waals surface area contributed by atoms with Gasteiger partial charge in [0.2, 0.25) is 0 Å². The van der Waals surface area contributed by atoms with Gasteiger partial charge in [-0.1, -0.05) is 13.0 Å². The molecule has 2 rings (SSSR count). The first-order valence-corrected chi connectivity index (χ1v) is 7.78. The van der Waals surface area contributed by atoms with Crippen LogP contribution in [0.2, 0.25) is 0 Å². The van der Waals surface area contributed by atoms with E-state index in [2.05, 4.69) is 5.32 Å². The third kappa shape index (κ3) is 4.23. The van der Waals surface area contributed by atoms with Gasteiger partial charge >= 0.3 is 12.0 Å². The van der Waals surface area contributed by atoms with Gasteiger partial charge in [0, 0.05) is 11.4 Å². The highest BCUT2D eigenvalue weighted by Crippen LogP contribution is 2.30. The van der Waals surface area contributed by atoms with E-state index in [1.165, 1.54) is 4.90 Å². The van der Waals surface area contributed by atoms with Gasteiger partial charge < -0.3 is 15.3 Å². The highest BCUT2D eigenvalue weighted by Gasteiger charge is 2.28. The van der Waals surface area contributed by atoms with Gasteiger partial charge in [0.1, 0.15) is 6.54 Å². The Bertz CT molecular complexity index is 457. The van der Waals surface area contributed by atoms with E-state index in [4.69, 9.17) is 5.11 Å². The minimum atomic E-state index is -0.968. The molecule has 1 heterocycles. The molecule has 0 radical (unpaired) electrons. The smallest absolute Gasteiger partial charge is 0.323 e. The van der Waals surface area contributed by atoms with Gasteiger partial charge in [-0.2, -0.15) is 0 Å². The zero-order valence-electron chi connectivity index (χ0n) is 11.5. The third-order valence-corrected chi connectivity index (χ3v) is 4.37. The number of hydrogen-bond donors (Lipinski definition) is 2. The van der Waals surface area contributed by atoms with Gasteiger partial charge in [-0.25, -0.2) is 4.79 Å². The van der Waals surface area contributed by atoms with Gasteiger partial charge in [0.05, 0.1) is 6.04 Å². The van der Waals surface area contributed by atoms with Gasteiger partial charge in [0.15, 0.2) is 0 Å². The Balaban J connectivity index is 1.96. The van der Waals surface area contributed by atoms with E-state index < -0.39 is 5.97 Å². The monoisotopic (exact) mass is 296 g/mol. The second kappa shape index (κ2) is 6.74. The average molecular weight is 296 g/mol. The lowest BCUT2D eigenvalue weighted by Crippen LogP contribution is -2.44. The molecule has 2 amide bonds. The molecular formula is C14H20N2O3S. The summed E-state index contributed by atoms with van der Waals surface area (Å²) in [4.78, 5) is 25.7. The lowest BCUT2D eigenvalue weighted by atomic mass is 10.2. The first kappa shape index (κ1) is 14.8. The molecule has 1 aliphatic carbocycles.